The molecule has 4 fully saturated rings. The lowest BCUT2D eigenvalue weighted by Gasteiger charge is -2.65. The third kappa shape index (κ3) is 2.26. The smallest absolute Gasteiger partial charge is 0.330 e. The zero-order valence-corrected chi connectivity index (χ0v) is 13.9. The number of rotatable bonds is 5. The predicted molar refractivity (Wildman–Crippen MR) is 84.8 cm³/mol. The first-order valence-electron chi connectivity index (χ1n) is 8.79. The summed E-state index contributed by atoms with van der Waals surface area (Å²) in [6.45, 7) is 10.6. The van der Waals surface area contributed by atoms with E-state index in [1.54, 1.807) is 0 Å². The van der Waals surface area contributed by atoms with Crippen molar-refractivity contribution in [2.75, 3.05) is 0 Å². The van der Waals surface area contributed by atoms with E-state index in [1.807, 2.05) is 0 Å². The van der Waals surface area contributed by atoms with E-state index in [4.69, 9.17) is 4.74 Å². The summed E-state index contributed by atoms with van der Waals surface area (Å²) in [5, 5.41) is 0. The number of ether oxygens (including phenoxy) is 1. The first-order chi connectivity index (χ1) is 9.93. The van der Waals surface area contributed by atoms with Gasteiger partial charge in [0.05, 0.1) is 0 Å². The minimum absolute atomic E-state index is 0.211. The fourth-order valence-corrected chi connectivity index (χ4v) is 6.34. The highest BCUT2D eigenvalue weighted by Gasteiger charge is 2.64. The fraction of sp³-hybridized carbons (Fsp3) is 0.842. The Morgan fingerprint density at radius 2 is 1.95 bits per heavy atom. The van der Waals surface area contributed by atoms with Crippen LogP contribution in [0.1, 0.15) is 65.7 Å². The van der Waals surface area contributed by atoms with E-state index in [-0.39, 0.29) is 11.6 Å². The number of carbonyl (C=O) groups is 1. The Labute approximate surface area is 129 Å². The molecule has 0 spiro atoms. The second-order valence-electron chi connectivity index (χ2n) is 8.32. The van der Waals surface area contributed by atoms with E-state index in [9.17, 15) is 4.79 Å². The first-order valence-corrected chi connectivity index (χ1v) is 8.79. The number of carbonyl (C=O) groups excluding carboxylic acids is 1. The van der Waals surface area contributed by atoms with Crippen LogP contribution in [0, 0.1) is 29.1 Å². The summed E-state index contributed by atoms with van der Waals surface area (Å²) in [6, 6.07) is 0. The second-order valence-corrected chi connectivity index (χ2v) is 8.32. The molecular weight excluding hydrogens is 260 g/mol. The molecule has 4 aliphatic carbocycles. The number of hydrogen-bond donors (Lipinski definition) is 0. The third-order valence-electron chi connectivity index (χ3n) is 6.71. The van der Waals surface area contributed by atoms with E-state index in [2.05, 4.69) is 27.4 Å². The summed E-state index contributed by atoms with van der Waals surface area (Å²) < 4.78 is 6.17. The van der Waals surface area contributed by atoms with Crippen LogP contribution < -0.4 is 0 Å². The number of esters is 1. The molecule has 4 aliphatic rings. The van der Waals surface area contributed by atoms with Gasteiger partial charge in [0.2, 0.25) is 0 Å². The highest BCUT2D eigenvalue weighted by molar-refractivity contribution is 5.81. The van der Waals surface area contributed by atoms with Crippen molar-refractivity contribution < 1.29 is 9.53 Å². The molecule has 118 valence electrons. The summed E-state index contributed by atoms with van der Waals surface area (Å²) in [4.78, 5) is 12.1. The normalized spacial score (nSPS) is 45.4. The van der Waals surface area contributed by atoms with E-state index in [0.717, 1.165) is 18.8 Å². The molecule has 0 aromatic heterocycles. The van der Waals surface area contributed by atoms with Gasteiger partial charge < -0.3 is 4.74 Å². The predicted octanol–water partition coefficient (Wildman–Crippen LogP) is 4.74. The van der Waals surface area contributed by atoms with Crippen LogP contribution in [0.5, 0.6) is 0 Å². The molecule has 0 aromatic rings. The van der Waals surface area contributed by atoms with Crippen LogP contribution in [-0.2, 0) is 9.53 Å². The van der Waals surface area contributed by atoms with E-state index in [0.29, 0.717) is 23.2 Å². The SMILES string of the molecule is C=CC(=O)OC1(C(C)CCC)C2CC3CC1CC(C)(C3)C2. The highest BCUT2D eigenvalue weighted by Crippen LogP contribution is 2.66. The summed E-state index contributed by atoms with van der Waals surface area (Å²) in [6.07, 6.45) is 10.1. The lowest BCUT2D eigenvalue weighted by Crippen LogP contribution is -2.64. The van der Waals surface area contributed by atoms with Crippen molar-refractivity contribution in [2.45, 2.75) is 71.3 Å². The maximum atomic E-state index is 12.1. The maximum absolute atomic E-state index is 12.1. The fourth-order valence-electron chi connectivity index (χ4n) is 6.34. The topological polar surface area (TPSA) is 26.3 Å². The summed E-state index contributed by atoms with van der Waals surface area (Å²) in [5.41, 5.74) is 0.296. The standard InChI is InChI=1S/C19H30O2/c1-5-7-13(3)19(21-17(20)6-2)15-8-14-9-16(19)12-18(4,10-14)11-15/h6,13-16H,2,5,7-12H2,1,3-4H3. The van der Waals surface area contributed by atoms with Crippen molar-refractivity contribution in [1.29, 1.82) is 0 Å². The van der Waals surface area contributed by atoms with Crippen LogP contribution in [-0.4, -0.2) is 11.6 Å². The van der Waals surface area contributed by atoms with Crippen molar-refractivity contribution in [2.24, 2.45) is 29.1 Å². The van der Waals surface area contributed by atoms with Crippen molar-refractivity contribution >= 4 is 5.97 Å². The molecule has 4 rings (SSSR count). The minimum atomic E-state index is -0.212. The average molecular weight is 290 g/mol. The quantitative estimate of drug-likeness (QED) is 0.540. The molecule has 0 radical (unpaired) electrons. The van der Waals surface area contributed by atoms with Gasteiger partial charge in [0.15, 0.2) is 0 Å². The van der Waals surface area contributed by atoms with Crippen LogP contribution in [0.2, 0.25) is 0 Å². The van der Waals surface area contributed by atoms with E-state index in [1.165, 1.54) is 38.2 Å². The first kappa shape index (κ1) is 15.1. The summed E-state index contributed by atoms with van der Waals surface area (Å²) >= 11 is 0. The van der Waals surface area contributed by atoms with Crippen LogP contribution in [0.3, 0.4) is 0 Å². The molecule has 0 saturated heterocycles. The molecule has 0 amide bonds. The van der Waals surface area contributed by atoms with Gasteiger partial charge in [-0.15, -0.1) is 0 Å². The van der Waals surface area contributed by atoms with Crippen molar-refractivity contribution in [1.82, 2.24) is 0 Å². The van der Waals surface area contributed by atoms with Crippen LogP contribution in [0.15, 0.2) is 12.7 Å². The Kier molecular flexibility index (Phi) is 3.70. The monoisotopic (exact) mass is 290 g/mol. The molecule has 3 unspecified atom stereocenters. The second kappa shape index (κ2) is 5.14. The van der Waals surface area contributed by atoms with Crippen molar-refractivity contribution in [3.05, 3.63) is 12.7 Å². The zero-order chi connectivity index (χ0) is 15.3. The molecule has 0 aliphatic heterocycles. The largest absolute Gasteiger partial charge is 0.455 e. The Balaban J connectivity index is 1.96. The Morgan fingerprint density at radius 1 is 1.33 bits per heavy atom. The molecule has 4 saturated carbocycles. The van der Waals surface area contributed by atoms with Gasteiger partial charge in [-0.25, -0.2) is 4.79 Å². The molecule has 0 aromatic carbocycles. The Bertz CT molecular complexity index is 423. The van der Waals surface area contributed by atoms with Crippen LogP contribution in [0.25, 0.3) is 0 Å². The molecule has 0 heterocycles. The van der Waals surface area contributed by atoms with Crippen LogP contribution >= 0.6 is 0 Å². The van der Waals surface area contributed by atoms with Gasteiger partial charge in [0.1, 0.15) is 5.60 Å². The molecule has 4 bridgehead atoms. The average Bonchev–Trinajstić information content (AvgIpc) is 2.41. The molecule has 2 heteroatoms. The Hall–Kier alpha value is -0.790. The van der Waals surface area contributed by atoms with E-state index < -0.39 is 0 Å². The van der Waals surface area contributed by atoms with Crippen molar-refractivity contribution in [3.63, 3.8) is 0 Å². The van der Waals surface area contributed by atoms with Gasteiger partial charge in [-0.2, -0.15) is 0 Å². The zero-order valence-electron chi connectivity index (χ0n) is 13.9. The lowest BCUT2D eigenvalue weighted by molar-refractivity contribution is -0.237. The summed E-state index contributed by atoms with van der Waals surface area (Å²) in [5.74, 6) is 2.26. The van der Waals surface area contributed by atoms with Crippen LogP contribution in [0.4, 0.5) is 0 Å². The molecular formula is C19H30O2. The number of hydrogen-bond acceptors (Lipinski definition) is 2. The maximum Gasteiger partial charge on any atom is 0.330 e. The molecule has 3 atom stereocenters. The minimum Gasteiger partial charge on any atom is -0.455 e. The molecule has 2 nitrogen and oxygen atoms in total. The van der Waals surface area contributed by atoms with Gasteiger partial charge in [-0.1, -0.05) is 33.8 Å². The van der Waals surface area contributed by atoms with Gasteiger partial charge in [0.25, 0.3) is 0 Å². The highest BCUT2D eigenvalue weighted by atomic mass is 16.6. The molecule has 21 heavy (non-hydrogen) atoms. The van der Waals surface area contributed by atoms with Gasteiger partial charge in [0, 0.05) is 17.9 Å². The van der Waals surface area contributed by atoms with Gasteiger partial charge in [-0.3, -0.25) is 0 Å². The summed E-state index contributed by atoms with van der Waals surface area (Å²) in [7, 11) is 0. The van der Waals surface area contributed by atoms with Gasteiger partial charge in [-0.05, 0) is 55.8 Å². The Morgan fingerprint density at radius 3 is 2.43 bits per heavy atom. The van der Waals surface area contributed by atoms with E-state index >= 15 is 0 Å². The van der Waals surface area contributed by atoms with Gasteiger partial charge >= 0.3 is 5.97 Å². The third-order valence-corrected chi connectivity index (χ3v) is 6.71. The molecule has 0 N–H and O–H groups in total. The van der Waals surface area contributed by atoms with Crippen molar-refractivity contribution in [3.8, 4) is 0 Å². The lowest BCUT2D eigenvalue weighted by atomic mass is 9.43.